The number of rotatable bonds is 12. The van der Waals surface area contributed by atoms with E-state index >= 15 is 0 Å². The number of nitro benzene ring substituents is 9. The van der Waals surface area contributed by atoms with E-state index in [0.29, 0.717) is 0 Å². The Kier molecular flexibility index (Phi) is 8.90. The lowest BCUT2D eigenvalue weighted by molar-refractivity contribution is -0.405. The van der Waals surface area contributed by atoms with Crippen LogP contribution < -0.4 is 0 Å². The molecule has 0 heterocycles. The van der Waals surface area contributed by atoms with E-state index in [2.05, 4.69) is 0 Å². The van der Waals surface area contributed by atoms with Gasteiger partial charge in [-0.1, -0.05) is 11.6 Å². The van der Waals surface area contributed by atoms with Crippen LogP contribution in [-0.2, 0) is 0 Å². The summed E-state index contributed by atoms with van der Waals surface area (Å²) in [5, 5.41) is 105. The second-order valence-corrected chi connectivity index (χ2v) is 8.85. The first-order valence-corrected chi connectivity index (χ1v) is 11.6. The molecule has 0 radical (unpaired) electrons. The van der Waals surface area contributed by atoms with Crippen molar-refractivity contribution in [1.82, 2.24) is 0 Å². The molecule has 0 atom stereocenters. The number of hydrogen-bond acceptors (Lipinski definition) is 19. The van der Waals surface area contributed by atoms with Crippen molar-refractivity contribution in [1.29, 1.82) is 0 Å². The van der Waals surface area contributed by atoms with Gasteiger partial charge in [0.05, 0.1) is 68.6 Å². The van der Waals surface area contributed by atoms with Crippen LogP contribution in [0, 0.1) is 91.0 Å². The number of carbonyl (C=O) groups excluding carboxylic acids is 1. The van der Waals surface area contributed by atoms with Gasteiger partial charge in [0.15, 0.2) is 27.3 Å². The van der Waals surface area contributed by atoms with Gasteiger partial charge in [0.1, 0.15) is 0 Å². The molecule has 3 aromatic carbocycles. The van der Waals surface area contributed by atoms with Crippen molar-refractivity contribution >= 4 is 68.6 Å². The van der Waals surface area contributed by atoms with E-state index in [9.17, 15) is 95.8 Å². The Morgan fingerprint density at radius 2 is 0.750 bits per heavy atom. The average Bonchev–Trinajstić information content (AvgIpc) is 2.97. The number of hydrogen-bond donors (Lipinski definition) is 0. The molecule has 0 aliphatic carbocycles. The van der Waals surface area contributed by atoms with Gasteiger partial charge in [-0.25, -0.2) is 0 Å². The van der Waals surface area contributed by atoms with Crippen molar-refractivity contribution in [3.63, 3.8) is 0 Å². The van der Waals surface area contributed by atoms with Crippen molar-refractivity contribution in [2.75, 3.05) is 0 Å². The maximum absolute atomic E-state index is 13.9. The minimum absolute atomic E-state index is 0.0650. The molecule has 0 amide bonds. The zero-order valence-corrected chi connectivity index (χ0v) is 22.7. The van der Waals surface area contributed by atoms with Crippen LogP contribution in [-0.4, -0.2) is 50.1 Å². The van der Waals surface area contributed by atoms with Crippen molar-refractivity contribution in [2.24, 2.45) is 0 Å². The molecule has 0 aliphatic heterocycles. The van der Waals surface area contributed by atoms with Gasteiger partial charge in [-0.3, -0.25) is 95.8 Å². The summed E-state index contributed by atoms with van der Waals surface area (Å²) in [7, 11) is 0. The highest BCUT2D eigenvalue weighted by Gasteiger charge is 2.49. The van der Waals surface area contributed by atoms with Crippen LogP contribution in [0.25, 0.3) is 11.1 Å². The molecule has 0 aromatic heterocycles. The van der Waals surface area contributed by atoms with Crippen LogP contribution in [0.4, 0.5) is 51.2 Å². The zero-order chi connectivity index (χ0) is 36.7. The van der Waals surface area contributed by atoms with Gasteiger partial charge in [-0.2, -0.15) is 0 Å². The van der Waals surface area contributed by atoms with Crippen LogP contribution in [0.1, 0.15) is 15.9 Å². The Balaban J connectivity index is 2.84. The van der Waals surface area contributed by atoms with Gasteiger partial charge < -0.3 is 0 Å². The van der Waals surface area contributed by atoms with Gasteiger partial charge in [0, 0.05) is 0 Å². The Labute approximate surface area is 260 Å². The number of nitrogens with zero attached hydrogens (tertiary/aromatic N) is 9. The molecular formula is C19H4ClN9O19. The van der Waals surface area contributed by atoms with Gasteiger partial charge in [-0.15, -0.1) is 0 Å². The Bertz CT molecular complexity index is 2100. The van der Waals surface area contributed by atoms with Crippen LogP contribution in [0.2, 0.25) is 5.02 Å². The third-order valence-electron chi connectivity index (χ3n) is 6.00. The maximum Gasteiger partial charge on any atom is 0.313 e. The predicted octanol–water partition coefficient (Wildman–Crippen LogP) is 4.41. The minimum atomic E-state index is -2.52. The summed E-state index contributed by atoms with van der Waals surface area (Å²) < 4.78 is 0. The highest BCUT2D eigenvalue weighted by Crippen LogP contribution is 2.53. The SMILES string of the molecule is O=C(c1c([N+](=O)[O-])cc([N+](=O)[O-])c(Cl)c1[N+](=O)[O-])c1c([N+](=O)[O-])cc([N+](=O)[O-])c(-c2c([N+](=O)[O-])cc([N+](=O)[O-])cc2[N+](=O)[O-])c1[N+](=O)[O-]. The largest absolute Gasteiger partial charge is 0.313 e. The zero-order valence-electron chi connectivity index (χ0n) is 22.0. The smallest absolute Gasteiger partial charge is 0.287 e. The van der Waals surface area contributed by atoms with E-state index in [4.69, 9.17) is 11.6 Å². The second-order valence-electron chi connectivity index (χ2n) is 8.47. The number of benzene rings is 3. The van der Waals surface area contributed by atoms with Gasteiger partial charge in [0.25, 0.3) is 34.1 Å². The number of non-ortho nitro benzene ring substituents is 1. The lowest BCUT2D eigenvalue weighted by Gasteiger charge is -2.11. The molecule has 0 N–H and O–H groups in total. The standard InChI is InChI=1S/C19H4ClN9O19/c20-16-11(27(43)44)4-10(26(41)42)15(18(16)29(47)48)19(30)14-9(25(39)40)3-8(24(37)38)13(17(14)28(45)46)12-6(22(33)34)1-5(21(31)32)2-7(12)23(35)36/h1-4H. The summed E-state index contributed by atoms with van der Waals surface area (Å²) in [6.07, 6.45) is 0. The first-order valence-electron chi connectivity index (χ1n) is 11.3. The van der Waals surface area contributed by atoms with E-state index in [0.717, 1.165) is 0 Å². The average molecular weight is 698 g/mol. The second kappa shape index (κ2) is 12.3. The van der Waals surface area contributed by atoms with Crippen LogP contribution >= 0.6 is 11.6 Å². The van der Waals surface area contributed by atoms with Gasteiger partial charge in [-0.05, 0) is 0 Å². The Morgan fingerprint density at radius 1 is 0.417 bits per heavy atom. The van der Waals surface area contributed by atoms with Crippen molar-refractivity contribution in [2.45, 2.75) is 0 Å². The first-order chi connectivity index (χ1) is 22.1. The monoisotopic (exact) mass is 697 g/mol. The summed E-state index contributed by atoms with van der Waals surface area (Å²) in [5.41, 5.74) is -24.9. The molecule has 48 heavy (non-hydrogen) atoms. The number of carbonyl (C=O) groups is 1. The molecule has 28 nitrogen and oxygen atoms in total. The minimum Gasteiger partial charge on any atom is -0.287 e. The van der Waals surface area contributed by atoms with Crippen molar-refractivity contribution < 1.29 is 49.1 Å². The lowest BCUT2D eigenvalue weighted by atomic mass is 9.89. The van der Waals surface area contributed by atoms with Crippen LogP contribution in [0.15, 0.2) is 24.3 Å². The van der Waals surface area contributed by atoms with Gasteiger partial charge >= 0.3 is 17.1 Å². The lowest BCUT2D eigenvalue weighted by Crippen LogP contribution is -2.16. The molecule has 0 saturated heterocycles. The number of halogens is 1. The highest BCUT2D eigenvalue weighted by molar-refractivity contribution is 6.36. The van der Waals surface area contributed by atoms with Crippen LogP contribution in [0.5, 0.6) is 0 Å². The van der Waals surface area contributed by atoms with E-state index in [1.54, 1.807) is 0 Å². The maximum atomic E-state index is 13.9. The van der Waals surface area contributed by atoms with Gasteiger partial charge in [0.2, 0.25) is 5.78 Å². The normalized spacial score (nSPS) is 10.5. The molecule has 0 aliphatic rings. The van der Waals surface area contributed by atoms with E-state index < -0.39 is 129 Å². The number of nitro groups is 9. The van der Waals surface area contributed by atoms with Crippen molar-refractivity contribution in [3.05, 3.63) is 131 Å². The van der Waals surface area contributed by atoms with Crippen LogP contribution in [0.3, 0.4) is 0 Å². The highest BCUT2D eigenvalue weighted by atomic mass is 35.5. The fraction of sp³-hybridized carbons (Fsp3) is 0. The quantitative estimate of drug-likeness (QED) is 0.143. The molecule has 246 valence electrons. The molecule has 0 fully saturated rings. The molecule has 3 aromatic rings. The summed E-state index contributed by atoms with van der Waals surface area (Å²) in [6.45, 7) is 0. The van der Waals surface area contributed by atoms with E-state index in [1.165, 1.54) is 0 Å². The molecule has 29 heteroatoms. The molecule has 0 saturated carbocycles. The molecule has 0 spiro atoms. The molecular weight excluding hydrogens is 694 g/mol. The Morgan fingerprint density at radius 3 is 1.08 bits per heavy atom. The third kappa shape index (κ3) is 5.72. The topological polar surface area (TPSA) is 405 Å². The van der Waals surface area contributed by atoms with E-state index in [-0.39, 0.29) is 24.3 Å². The summed E-state index contributed by atoms with van der Waals surface area (Å²) in [4.78, 5) is 105. The molecule has 0 unspecified atom stereocenters. The third-order valence-corrected chi connectivity index (χ3v) is 6.37. The summed E-state index contributed by atoms with van der Waals surface area (Å²) >= 11 is 5.64. The molecule has 3 rings (SSSR count). The fourth-order valence-electron chi connectivity index (χ4n) is 4.24. The summed E-state index contributed by atoms with van der Waals surface area (Å²) in [5.74, 6) is -2.52. The van der Waals surface area contributed by atoms with E-state index in [1.807, 2.05) is 0 Å². The molecule has 0 bridgehead atoms. The summed E-state index contributed by atoms with van der Waals surface area (Å²) in [6, 6.07) is -0.609. The fourth-order valence-corrected chi connectivity index (χ4v) is 4.53. The van der Waals surface area contributed by atoms with Crippen molar-refractivity contribution in [3.8, 4) is 11.1 Å². The first kappa shape index (κ1) is 34.7. The Hall–Kier alpha value is -7.78. The predicted molar refractivity (Wildman–Crippen MR) is 147 cm³/mol. The number of ketones is 1.